The number of thiophene rings is 2. The first-order valence-electron chi connectivity index (χ1n) is 45.6. The minimum atomic E-state index is -0.0704. The van der Waals surface area contributed by atoms with E-state index >= 15 is 0 Å². The molecule has 1 aliphatic heterocycles. The molecule has 0 radical (unpaired) electrons. The Bertz CT molecular complexity index is 6650. The van der Waals surface area contributed by atoms with Gasteiger partial charge in [0.05, 0.1) is 86.2 Å². The summed E-state index contributed by atoms with van der Waals surface area (Å²) < 4.78 is 57.1. The zero-order valence-electron chi connectivity index (χ0n) is 87.1. The minimum absolute atomic E-state index is 0.0256. The Morgan fingerprint density at radius 1 is 0.262 bits per heavy atom. The third-order valence-corrected chi connectivity index (χ3v) is 30.7. The van der Waals surface area contributed by atoms with Crippen LogP contribution in [0.4, 0.5) is 11.4 Å². The van der Waals surface area contributed by atoms with Gasteiger partial charge in [-0.05, 0) is 212 Å². The normalized spacial score (nSPS) is 13.5. The Hall–Kier alpha value is -7.62. The largest absolute Gasteiger partial charge is 0.293 e. The molecule has 0 spiro atoms. The van der Waals surface area contributed by atoms with Crippen LogP contribution in [-0.4, -0.2) is 63.9 Å². The van der Waals surface area contributed by atoms with Crippen molar-refractivity contribution in [2.75, 3.05) is 0 Å². The summed E-state index contributed by atoms with van der Waals surface area (Å²) in [6, 6.07) is 4.69. The van der Waals surface area contributed by atoms with Gasteiger partial charge >= 0.3 is 0 Å². The number of nitrogens with zero attached hydrogens (tertiary/aromatic N) is 16. The molecule has 0 saturated heterocycles. The zero-order valence-corrected chi connectivity index (χ0v) is 93.6. The molecule has 0 fully saturated rings. The van der Waals surface area contributed by atoms with Gasteiger partial charge in [0.25, 0.3) is 0 Å². The van der Waals surface area contributed by atoms with Gasteiger partial charge in [-0.1, -0.05) is 261 Å². The van der Waals surface area contributed by atoms with Crippen LogP contribution < -0.4 is 4.80 Å². The van der Waals surface area contributed by atoms with E-state index in [1.54, 1.807) is 15.9 Å². The average Bonchev–Trinajstić information content (AvgIpc) is 1.51. The van der Waals surface area contributed by atoms with Crippen molar-refractivity contribution in [3.8, 4) is 0 Å². The summed E-state index contributed by atoms with van der Waals surface area (Å²) in [4.78, 5) is 14.4. The highest BCUT2D eigenvalue weighted by Gasteiger charge is 2.40. The van der Waals surface area contributed by atoms with Crippen LogP contribution in [0.15, 0.2) is 20.9 Å². The first-order valence-corrected chi connectivity index (χ1v) is 51.6. The molecule has 0 atom stereocenters. The van der Waals surface area contributed by atoms with Crippen molar-refractivity contribution in [2.45, 2.75) is 383 Å². The summed E-state index contributed by atoms with van der Waals surface area (Å²) in [6.45, 7) is 103. The molecule has 130 heavy (non-hydrogen) atoms. The molecule has 0 bridgehead atoms. The van der Waals surface area contributed by atoms with Crippen LogP contribution in [0.5, 0.6) is 0 Å². The highest BCUT2D eigenvalue weighted by molar-refractivity contribution is 7.58. The topological polar surface area (TPSA) is 212 Å². The molecule has 17 nitrogen and oxygen atoms in total. The van der Waals surface area contributed by atoms with Gasteiger partial charge in [-0.3, -0.25) is 4.37 Å². The maximum atomic E-state index is 4.92. The molecule has 1 aliphatic rings. The Morgan fingerprint density at radius 3 is 0.800 bits per heavy atom. The third-order valence-electron chi connectivity index (χ3n) is 25.0. The summed E-state index contributed by atoms with van der Waals surface area (Å²) in [7, 11) is 1.88. The number of rotatable bonds is 0. The SMILES string of the molecule is CC(C)(C)c1c2c(c(C(C)(C)C)c3nsnc13)N=S=N2.C[n+]1nc2c(C(C)(C)C)c3ns[nH]c3c(C(C)(C)C)c2n1.Cc1c(C)c(C(C)(C)C)c2nsnc2c1C(C)(C)C.Cc1cc2c(C(C)(C)C)c3nsnc3c(C(C)(C)C)c2cc1C.Cc1nc2c(C(C)(C)C)c3nsnc3c(C(C)(C)C)c2nc1C.Cc1sc2c(C(C)(C)C)c3c(C)c(C)sc3c(C(C)(C)C)c2c1C. The molecule has 7 aromatic carbocycles. The van der Waals surface area contributed by atoms with Gasteiger partial charge in [0.1, 0.15) is 61.0 Å². The number of aryl methyl sites for hydroxylation is 9. The van der Waals surface area contributed by atoms with Gasteiger partial charge in [-0.25, -0.2) is 9.97 Å². The zero-order chi connectivity index (χ0) is 97.4. The van der Waals surface area contributed by atoms with E-state index in [0.29, 0.717) is 0 Å². The molecule has 10 heterocycles. The quantitative estimate of drug-likeness (QED) is 0.140. The monoisotopic (exact) mass is 1900 g/mol. The van der Waals surface area contributed by atoms with Gasteiger partial charge in [-0.2, -0.15) is 48.1 Å². The van der Waals surface area contributed by atoms with Crippen LogP contribution in [-0.2, 0) is 83.4 Å². The summed E-state index contributed by atoms with van der Waals surface area (Å²) in [5, 5.41) is 15.0. The molecule has 1 N–H and O–H groups in total. The van der Waals surface area contributed by atoms with Crippen LogP contribution in [0.3, 0.4) is 0 Å². The molecule has 25 heteroatoms. The van der Waals surface area contributed by atoms with E-state index in [9.17, 15) is 0 Å². The second-order valence-corrected chi connectivity index (χ2v) is 54.2. The van der Waals surface area contributed by atoms with E-state index in [4.69, 9.17) is 18.7 Å². The fourth-order valence-corrected chi connectivity index (χ4v) is 25.5. The van der Waals surface area contributed by atoms with Gasteiger partial charge in [0.2, 0.25) is 0 Å². The molecule has 0 saturated carbocycles. The number of aromatic amines is 1. The number of fused-ring (bicyclic) bond motifs is 11. The number of H-pyrrole nitrogens is 1. The second kappa shape index (κ2) is 34.6. The molecular weight excluding hydrogens is 1760 g/mol. The Kier molecular flexibility index (Phi) is 27.0. The number of nitrogens with one attached hydrogen (secondary N) is 1. The summed E-state index contributed by atoms with van der Waals surface area (Å²) in [6.07, 6.45) is 0. The molecule has 9 aromatic heterocycles. The van der Waals surface area contributed by atoms with Gasteiger partial charge in [0, 0.05) is 90.0 Å². The predicted octanol–water partition coefficient (Wildman–Crippen LogP) is 31.8. The lowest BCUT2D eigenvalue weighted by Gasteiger charge is -2.29. The van der Waals surface area contributed by atoms with Crippen LogP contribution >= 0.6 is 81.3 Å². The minimum Gasteiger partial charge on any atom is -0.293 e. The molecular formula is C105H144N17S8+. The Balaban J connectivity index is 0.000000141. The van der Waals surface area contributed by atoms with E-state index in [2.05, 4.69) is 371 Å². The maximum Gasteiger partial charge on any atom is 0.193 e. The third kappa shape index (κ3) is 19.0. The van der Waals surface area contributed by atoms with E-state index in [0.717, 1.165) is 122 Å². The number of hydrogen-bond acceptors (Lipinski definition) is 22. The Labute approximate surface area is 806 Å². The van der Waals surface area contributed by atoms with Crippen molar-refractivity contribution in [1.29, 1.82) is 0 Å². The van der Waals surface area contributed by atoms with Crippen LogP contribution in [0.25, 0.3) is 108 Å². The van der Waals surface area contributed by atoms with Crippen molar-refractivity contribution in [1.82, 2.24) is 63.9 Å². The second-order valence-electron chi connectivity index (χ2n) is 48.5. The van der Waals surface area contributed by atoms with Crippen LogP contribution in [0, 0.1) is 69.2 Å². The van der Waals surface area contributed by atoms with Crippen LogP contribution in [0.2, 0.25) is 0 Å². The fraction of sp³-hybridized carbons (Fsp3) is 0.562. The van der Waals surface area contributed by atoms with Crippen molar-refractivity contribution in [3.05, 3.63) is 133 Å². The summed E-state index contributed by atoms with van der Waals surface area (Å²) in [5.41, 5.74) is 42.5. The summed E-state index contributed by atoms with van der Waals surface area (Å²) >= 11 is 11.9. The van der Waals surface area contributed by atoms with E-state index in [-0.39, 0.29) is 65.0 Å². The standard InChI is InChI=1S/C22H30S2.C20H26N2S.C18H24N4S.C16H24N2S.C15H22N5S.C14H18N4S2/c1-11-13(3)23-19-15(11)17(21(5,6)7)20-16(12(2)14(4)24-20)18(19)22(8,9)10;1-11-9-13-14(10-12(11)2)16(20(6,7)8)18-17(21-23-22-18)15(13)19(3,4)5;1-9-10(2)20-14-12(18(6,7)8)16-15(21-23-22-16)11(13(14)19-9)17(3,4)5;1-9-10(2)12(16(6,7)8)14-13(17-19-18-14)11(9)15(3,4)5;1-14(2,3)8-10-11(17-20(7)16-10)9(15(4,5)6)13-12(8)18-21-19-13;1-13(2,3)7-9-11(17-19-15-9)8(14(4,5)6)12-10(7)16-20-18-12/h1-10H3;9-10H,1-8H3;1-8H3;1-8H3;18H,1-7H3;1-6H3/q;;;;+1;. The lowest BCUT2D eigenvalue weighted by atomic mass is 9.75. The van der Waals surface area contributed by atoms with Crippen LogP contribution in [0.1, 0.15) is 371 Å². The fourth-order valence-electron chi connectivity index (χ4n) is 19.2. The van der Waals surface area contributed by atoms with E-state index in [1.807, 2.05) is 43.6 Å². The van der Waals surface area contributed by atoms with Crippen molar-refractivity contribution in [2.24, 2.45) is 15.8 Å². The molecule has 0 amide bonds. The van der Waals surface area contributed by atoms with Gasteiger partial charge in [-0.15, -0.1) is 22.7 Å². The van der Waals surface area contributed by atoms with Crippen molar-refractivity contribution < 1.29 is 4.80 Å². The average molecular weight is 1900 g/mol. The summed E-state index contributed by atoms with van der Waals surface area (Å²) in [5.74, 6) is 0. The number of aromatic nitrogens is 15. The molecule has 696 valence electrons. The lowest BCUT2D eigenvalue weighted by molar-refractivity contribution is -0.778. The first-order chi connectivity index (χ1) is 59.2. The maximum absolute atomic E-state index is 4.92. The van der Waals surface area contributed by atoms with Gasteiger partial charge in [0.15, 0.2) is 18.1 Å². The lowest BCUT2D eigenvalue weighted by Crippen LogP contribution is -2.33. The molecule has 17 rings (SSSR count). The van der Waals surface area contributed by atoms with E-state index in [1.165, 1.54) is 177 Å². The number of benzene rings is 7. The highest BCUT2D eigenvalue weighted by atomic mass is 32.1. The predicted molar refractivity (Wildman–Crippen MR) is 569 cm³/mol. The first kappa shape index (κ1) is 101. The smallest absolute Gasteiger partial charge is 0.193 e. The Morgan fingerprint density at radius 2 is 0.515 bits per heavy atom. The molecule has 0 aliphatic carbocycles. The van der Waals surface area contributed by atoms with Crippen molar-refractivity contribution >= 4 is 212 Å². The van der Waals surface area contributed by atoms with Crippen molar-refractivity contribution in [3.63, 3.8) is 0 Å². The van der Waals surface area contributed by atoms with Gasteiger partial charge < -0.3 is 0 Å². The van der Waals surface area contributed by atoms with E-state index < -0.39 is 0 Å². The number of hydrogen-bond donors (Lipinski definition) is 1. The molecule has 0 unspecified atom stereocenters. The molecule has 16 aromatic rings. The highest BCUT2D eigenvalue weighted by Crippen LogP contribution is 2.55.